The van der Waals surface area contributed by atoms with Gasteiger partial charge in [0.1, 0.15) is 5.82 Å². The lowest BCUT2D eigenvalue weighted by atomic mass is 9.98. The fraction of sp³-hybridized carbons (Fsp3) is 0.364. The molecule has 2 aromatic rings. The Hall–Kier alpha value is -2.78. The van der Waals surface area contributed by atoms with E-state index in [0.717, 1.165) is 6.42 Å². The summed E-state index contributed by atoms with van der Waals surface area (Å²) in [6.45, 7) is 0.989. The quantitative estimate of drug-likeness (QED) is 0.767. The van der Waals surface area contributed by atoms with Gasteiger partial charge in [-0.1, -0.05) is 12.1 Å². The molecule has 0 unspecified atom stereocenters. The summed E-state index contributed by atoms with van der Waals surface area (Å²) in [6.07, 6.45) is 2.37. The van der Waals surface area contributed by atoms with E-state index in [-0.39, 0.29) is 23.0 Å². The van der Waals surface area contributed by atoms with Crippen molar-refractivity contribution in [3.8, 4) is 0 Å². The van der Waals surface area contributed by atoms with Crippen LogP contribution in [0, 0.1) is 11.7 Å². The molecule has 0 bridgehead atoms. The summed E-state index contributed by atoms with van der Waals surface area (Å²) in [5, 5.41) is 2.56. The predicted molar refractivity (Wildman–Crippen MR) is 115 cm³/mol. The van der Waals surface area contributed by atoms with Crippen LogP contribution < -0.4 is 10.2 Å². The van der Waals surface area contributed by atoms with Crippen molar-refractivity contribution in [2.75, 3.05) is 29.9 Å². The van der Waals surface area contributed by atoms with Crippen LogP contribution in [0.2, 0.25) is 0 Å². The van der Waals surface area contributed by atoms with Gasteiger partial charge in [-0.15, -0.1) is 0 Å². The van der Waals surface area contributed by atoms with Gasteiger partial charge in [-0.25, -0.2) is 12.8 Å². The Morgan fingerprint density at radius 1 is 1.03 bits per heavy atom. The molecule has 31 heavy (non-hydrogen) atoms. The van der Waals surface area contributed by atoms with Gasteiger partial charge in [0.25, 0.3) is 0 Å². The van der Waals surface area contributed by atoms with E-state index in [1.165, 1.54) is 34.6 Å². The summed E-state index contributed by atoms with van der Waals surface area (Å²) in [5.74, 6) is -1.46. The van der Waals surface area contributed by atoms with Crippen LogP contribution in [0.3, 0.4) is 0 Å². The van der Waals surface area contributed by atoms with Gasteiger partial charge in [0.2, 0.25) is 21.8 Å². The van der Waals surface area contributed by atoms with Crippen molar-refractivity contribution in [2.24, 2.45) is 5.92 Å². The molecule has 2 saturated heterocycles. The van der Waals surface area contributed by atoms with Gasteiger partial charge in [-0.05, 0) is 55.7 Å². The summed E-state index contributed by atoms with van der Waals surface area (Å²) >= 11 is 0. The molecule has 2 aliphatic heterocycles. The molecule has 1 atom stereocenters. The molecule has 2 fully saturated rings. The topological polar surface area (TPSA) is 86.8 Å². The zero-order valence-corrected chi connectivity index (χ0v) is 17.8. The van der Waals surface area contributed by atoms with Crippen molar-refractivity contribution in [3.63, 3.8) is 0 Å². The second kappa shape index (κ2) is 8.76. The van der Waals surface area contributed by atoms with Crippen molar-refractivity contribution in [3.05, 3.63) is 54.3 Å². The van der Waals surface area contributed by atoms with E-state index in [9.17, 15) is 22.4 Å². The highest BCUT2D eigenvalue weighted by molar-refractivity contribution is 7.89. The van der Waals surface area contributed by atoms with Gasteiger partial charge >= 0.3 is 0 Å². The van der Waals surface area contributed by atoms with Crippen molar-refractivity contribution in [1.82, 2.24) is 4.31 Å². The average molecular weight is 446 g/mol. The van der Waals surface area contributed by atoms with Crippen molar-refractivity contribution in [1.29, 1.82) is 0 Å². The summed E-state index contributed by atoms with van der Waals surface area (Å²) in [4.78, 5) is 26.3. The highest BCUT2D eigenvalue weighted by Crippen LogP contribution is 2.28. The van der Waals surface area contributed by atoms with Gasteiger partial charge in [-0.2, -0.15) is 4.31 Å². The Morgan fingerprint density at radius 3 is 2.45 bits per heavy atom. The monoisotopic (exact) mass is 445 g/mol. The minimum atomic E-state index is -3.79. The molecular formula is C22H24FN3O4S. The molecule has 4 rings (SSSR count). The summed E-state index contributed by atoms with van der Waals surface area (Å²) in [6, 6.07) is 12.2. The van der Waals surface area contributed by atoms with E-state index in [2.05, 4.69) is 5.32 Å². The first-order chi connectivity index (χ1) is 14.9. The van der Waals surface area contributed by atoms with Gasteiger partial charge in [0.15, 0.2) is 0 Å². The van der Waals surface area contributed by atoms with Crippen LogP contribution in [0.4, 0.5) is 15.8 Å². The third-order valence-electron chi connectivity index (χ3n) is 5.75. The zero-order chi connectivity index (χ0) is 22.0. The molecule has 2 amide bonds. The maximum Gasteiger partial charge on any atom is 0.243 e. The van der Waals surface area contributed by atoms with E-state index in [4.69, 9.17) is 0 Å². The molecule has 164 valence electrons. The molecule has 2 aliphatic rings. The molecule has 0 aliphatic carbocycles. The molecule has 0 radical (unpaired) electrons. The van der Waals surface area contributed by atoms with E-state index in [1.807, 2.05) is 0 Å². The Morgan fingerprint density at radius 2 is 1.77 bits per heavy atom. The van der Waals surface area contributed by atoms with E-state index < -0.39 is 27.7 Å². The number of sulfonamides is 1. The van der Waals surface area contributed by atoms with Crippen LogP contribution >= 0.6 is 0 Å². The lowest BCUT2D eigenvalue weighted by Gasteiger charge is -2.31. The second-order valence-electron chi connectivity index (χ2n) is 7.81. The Bertz CT molecular complexity index is 1090. The normalized spacial score (nSPS) is 20.1. The minimum absolute atomic E-state index is 0.0367. The zero-order valence-electron chi connectivity index (χ0n) is 17.0. The van der Waals surface area contributed by atoms with E-state index in [0.29, 0.717) is 38.0 Å². The van der Waals surface area contributed by atoms with Crippen LogP contribution in [0.25, 0.3) is 0 Å². The molecule has 2 aromatic carbocycles. The number of benzene rings is 2. The van der Waals surface area contributed by atoms with Crippen LogP contribution in [0.5, 0.6) is 0 Å². The summed E-state index contributed by atoms with van der Waals surface area (Å²) in [7, 11) is -3.79. The number of rotatable bonds is 5. The lowest BCUT2D eigenvalue weighted by molar-refractivity contribution is -0.121. The van der Waals surface area contributed by atoms with Crippen molar-refractivity contribution in [2.45, 2.75) is 30.6 Å². The van der Waals surface area contributed by atoms with E-state index in [1.54, 1.807) is 23.1 Å². The third-order valence-corrected chi connectivity index (χ3v) is 7.63. The number of halogens is 1. The van der Waals surface area contributed by atoms with Crippen molar-refractivity contribution < 1.29 is 22.4 Å². The number of carbonyl (C=O) groups excluding carboxylic acids is 2. The molecule has 2 heterocycles. The number of amides is 2. The SMILES string of the molecule is O=C(Nc1ccccc1F)[C@H]1CCCN(S(=O)(=O)c2ccc(N3CCCC3=O)cc2)C1. The average Bonchev–Trinajstić information content (AvgIpc) is 3.21. The number of hydrogen-bond donors (Lipinski definition) is 1. The van der Waals surface area contributed by atoms with Crippen LogP contribution in [-0.4, -0.2) is 44.2 Å². The van der Waals surface area contributed by atoms with Crippen LogP contribution in [-0.2, 0) is 19.6 Å². The fourth-order valence-corrected chi connectivity index (χ4v) is 5.56. The Labute approximate surface area is 180 Å². The number of piperidine rings is 1. The first-order valence-corrected chi connectivity index (χ1v) is 11.8. The first-order valence-electron chi connectivity index (χ1n) is 10.3. The fourth-order valence-electron chi connectivity index (χ4n) is 4.04. The van der Waals surface area contributed by atoms with Gasteiger partial charge < -0.3 is 10.2 Å². The van der Waals surface area contributed by atoms with Crippen molar-refractivity contribution >= 4 is 33.2 Å². The first kappa shape index (κ1) is 21.5. The number of para-hydroxylation sites is 1. The molecule has 9 heteroatoms. The number of hydrogen-bond acceptors (Lipinski definition) is 4. The summed E-state index contributed by atoms with van der Waals surface area (Å²) < 4.78 is 41.4. The second-order valence-corrected chi connectivity index (χ2v) is 9.75. The maximum atomic E-state index is 13.8. The number of carbonyl (C=O) groups is 2. The van der Waals surface area contributed by atoms with Gasteiger partial charge in [0, 0.05) is 31.7 Å². The lowest BCUT2D eigenvalue weighted by Crippen LogP contribution is -2.43. The summed E-state index contributed by atoms with van der Waals surface area (Å²) in [5.41, 5.74) is 0.766. The molecule has 0 saturated carbocycles. The molecule has 7 nitrogen and oxygen atoms in total. The number of nitrogens with zero attached hydrogens (tertiary/aromatic N) is 2. The molecule has 0 aromatic heterocycles. The third kappa shape index (κ3) is 4.47. The van der Waals surface area contributed by atoms with Crippen LogP contribution in [0.15, 0.2) is 53.4 Å². The largest absolute Gasteiger partial charge is 0.323 e. The molecular weight excluding hydrogens is 421 g/mol. The maximum absolute atomic E-state index is 13.8. The molecule has 0 spiro atoms. The highest BCUT2D eigenvalue weighted by Gasteiger charge is 2.33. The number of nitrogens with one attached hydrogen (secondary N) is 1. The predicted octanol–water partition coefficient (Wildman–Crippen LogP) is 2.99. The highest BCUT2D eigenvalue weighted by atomic mass is 32.2. The Kier molecular flexibility index (Phi) is 6.06. The standard InChI is InChI=1S/C22H24FN3O4S/c23-19-6-1-2-7-20(19)24-22(28)16-5-3-13-25(15-16)31(29,30)18-11-9-17(10-12-18)26-14-4-8-21(26)27/h1-2,6-7,9-12,16H,3-5,8,13-15H2,(H,24,28)/t16-/m0/s1. The smallest absolute Gasteiger partial charge is 0.243 e. The van der Waals surface area contributed by atoms with Gasteiger partial charge in [0.05, 0.1) is 16.5 Å². The minimum Gasteiger partial charge on any atom is -0.323 e. The van der Waals surface area contributed by atoms with Crippen LogP contribution in [0.1, 0.15) is 25.7 Å². The molecule has 1 N–H and O–H groups in total. The van der Waals surface area contributed by atoms with Gasteiger partial charge in [-0.3, -0.25) is 9.59 Å². The van der Waals surface area contributed by atoms with E-state index >= 15 is 0 Å². The Balaban J connectivity index is 1.46. The number of anilines is 2.